The molecule has 0 aliphatic carbocycles. The fourth-order valence-electron chi connectivity index (χ4n) is 2.32. The van der Waals surface area contributed by atoms with Gasteiger partial charge in [-0.05, 0) is 14.0 Å². The van der Waals surface area contributed by atoms with Crippen LogP contribution in [0.15, 0.2) is 12.3 Å². The molecule has 1 aromatic heterocycles. The first kappa shape index (κ1) is 15.2. The molecule has 1 saturated heterocycles. The lowest BCUT2D eigenvalue weighted by molar-refractivity contribution is -0.385. The number of hydrogen-bond donors (Lipinski definition) is 1. The molecule has 1 fully saturated rings. The summed E-state index contributed by atoms with van der Waals surface area (Å²) in [4.78, 5) is 30.8. The molecule has 0 radical (unpaired) electrons. The predicted molar refractivity (Wildman–Crippen MR) is 78.4 cm³/mol. The standard InChI is InChI=1S/C13H19N5O3/c1-9-8-17(5-4-16(9)3)13(19)11-6-10(18(20)21)7-15-12(11)14-2/h6-7,9H,4-5,8H2,1-3H3,(H,14,15). The van der Waals surface area contributed by atoms with E-state index in [1.54, 1.807) is 11.9 Å². The minimum atomic E-state index is -0.546. The Morgan fingerprint density at radius 2 is 2.24 bits per heavy atom. The number of carbonyl (C=O) groups excluding carboxylic acids is 1. The summed E-state index contributed by atoms with van der Waals surface area (Å²) in [6.07, 6.45) is 1.15. The van der Waals surface area contributed by atoms with Crippen LogP contribution in [0, 0.1) is 10.1 Å². The average molecular weight is 293 g/mol. The summed E-state index contributed by atoms with van der Waals surface area (Å²) in [5.41, 5.74) is 0.0583. The Kier molecular flexibility index (Phi) is 4.37. The van der Waals surface area contributed by atoms with Gasteiger partial charge in [0.25, 0.3) is 11.6 Å². The van der Waals surface area contributed by atoms with Crippen molar-refractivity contribution < 1.29 is 9.72 Å². The van der Waals surface area contributed by atoms with Gasteiger partial charge in [0.1, 0.15) is 12.0 Å². The summed E-state index contributed by atoms with van der Waals surface area (Å²) in [7, 11) is 3.65. The summed E-state index contributed by atoms with van der Waals surface area (Å²) in [6.45, 7) is 4.03. The van der Waals surface area contributed by atoms with Crippen molar-refractivity contribution in [2.45, 2.75) is 13.0 Å². The minimum Gasteiger partial charge on any atom is -0.372 e. The molecule has 0 bridgehead atoms. The molecule has 1 aliphatic rings. The minimum absolute atomic E-state index is 0.181. The van der Waals surface area contributed by atoms with E-state index in [1.165, 1.54) is 6.07 Å². The number of piperazine rings is 1. The van der Waals surface area contributed by atoms with Gasteiger partial charge >= 0.3 is 0 Å². The van der Waals surface area contributed by atoms with Gasteiger partial charge in [0.2, 0.25) is 0 Å². The molecule has 0 saturated carbocycles. The third kappa shape index (κ3) is 3.10. The second kappa shape index (κ2) is 6.04. The number of nitrogens with one attached hydrogen (secondary N) is 1. The molecule has 1 amide bonds. The zero-order valence-electron chi connectivity index (χ0n) is 12.4. The maximum Gasteiger partial charge on any atom is 0.288 e. The molecule has 0 spiro atoms. The van der Waals surface area contributed by atoms with E-state index in [4.69, 9.17) is 0 Å². The fraction of sp³-hybridized carbons (Fsp3) is 0.538. The predicted octanol–water partition coefficient (Wildman–Crippen LogP) is 0.808. The van der Waals surface area contributed by atoms with Crippen molar-refractivity contribution >= 4 is 17.4 Å². The SMILES string of the molecule is CNc1ncc([N+](=O)[O-])cc1C(=O)N1CCN(C)C(C)C1. The van der Waals surface area contributed by atoms with Crippen LogP contribution in [0.2, 0.25) is 0 Å². The molecule has 2 rings (SSSR count). The average Bonchev–Trinajstić information content (AvgIpc) is 2.48. The number of carbonyl (C=O) groups is 1. The number of amides is 1. The zero-order chi connectivity index (χ0) is 15.6. The highest BCUT2D eigenvalue weighted by Crippen LogP contribution is 2.21. The smallest absolute Gasteiger partial charge is 0.288 e. The summed E-state index contributed by atoms with van der Waals surface area (Å²) in [5, 5.41) is 13.7. The summed E-state index contributed by atoms with van der Waals surface area (Å²) in [6, 6.07) is 1.54. The van der Waals surface area contributed by atoms with Gasteiger partial charge in [-0.3, -0.25) is 14.9 Å². The summed E-state index contributed by atoms with van der Waals surface area (Å²) in [5.74, 6) is 0.132. The van der Waals surface area contributed by atoms with Crippen LogP contribution in [0.3, 0.4) is 0 Å². The quantitative estimate of drug-likeness (QED) is 0.655. The first-order valence-electron chi connectivity index (χ1n) is 6.75. The molecule has 1 aliphatic heterocycles. The van der Waals surface area contributed by atoms with Crippen molar-refractivity contribution in [2.24, 2.45) is 0 Å². The first-order valence-corrected chi connectivity index (χ1v) is 6.75. The second-order valence-electron chi connectivity index (χ2n) is 5.18. The van der Waals surface area contributed by atoms with Gasteiger partial charge in [-0.25, -0.2) is 4.98 Å². The molecule has 1 aromatic rings. The van der Waals surface area contributed by atoms with Gasteiger partial charge < -0.3 is 15.1 Å². The van der Waals surface area contributed by atoms with E-state index in [0.29, 0.717) is 18.9 Å². The van der Waals surface area contributed by atoms with E-state index < -0.39 is 4.92 Å². The number of rotatable bonds is 3. The van der Waals surface area contributed by atoms with Crippen molar-refractivity contribution in [2.75, 3.05) is 39.0 Å². The Balaban J connectivity index is 2.29. The van der Waals surface area contributed by atoms with Crippen LogP contribution >= 0.6 is 0 Å². The maximum atomic E-state index is 12.6. The Bertz CT molecular complexity index is 563. The molecule has 8 nitrogen and oxygen atoms in total. The normalized spacial score (nSPS) is 19.4. The van der Waals surface area contributed by atoms with Crippen molar-refractivity contribution in [3.63, 3.8) is 0 Å². The lowest BCUT2D eigenvalue weighted by atomic mass is 10.1. The molecule has 2 heterocycles. The number of hydrogen-bond acceptors (Lipinski definition) is 6. The molecular formula is C13H19N5O3. The first-order chi connectivity index (χ1) is 9.93. The van der Waals surface area contributed by atoms with E-state index in [0.717, 1.165) is 12.7 Å². The Labute approximate surface area is 122 Å². The van der Waals surface area contributed by atoms with Crippen LogP contribution in [-0.4, -0.2) is 65.4 Å². The van der Waals surface area contributed by atoms with Gasteiger partial charge in [-0.2, -0.15) is 0 Å². The van der Waals surface area contributed by atoms with Crippen molar-refractivity contribution in [3.05, 3.63) is 27.9 Å². The van der Waals surface area contributed by atoms with Crippen LogP contribution in [0.1, 0.15) is 17.3 Å². The molecule has 21 heavy (non-hydrogen) atoms. The molecule has 1 unspecified atom stereocenters. The number of aromatic nitrogens is 1. The highest BCUT2D eigenvalue weighted by molar-refractivity contribution is 5.99. The van der Waals surface area contributed by atoms with Crippen molar-refractivity contribution in [1.82, 2.24) is 14.8 Å². The van der Waals surface area contributed by atoms with Crippen LogP contribution in [0.5, 0.6) is 0 Å². The van der Waals surface area contributed by atoms with Gasteiger partial charge in [0, 0.05) is 38.8 Å². The molecule has 1 atom stereocenters. The second-order valence-corrected chi connectivity index (χ2v) is 5.18. The van der Waals surface area contributed by atoms with Crippen LogP contribution < -0.4 is 5.32 Å². The summed E-state index contributed by atoms with van der Waals surface area (Å²) >= 11 is 0. The maximum absolute atomic E-state index is 12.6. The van der Waals surface area contributed by atoms with Crippen LogP contribution in [-0.2, 0) is 0 Å². The lowest BCUT2D eigenvalue weighted by Gasteiger charge is -2.37. The van der Waals surface area contributed by atoms with E-state index >= 15 is 0 Å². The van der Waals surface area contributed by atoms with Gasteiger partial charge in [-0.1, -0.05) is 0 Å². The Morgan fingerprint density at radius 1 is 1.52 bits per heavy atom. The fourth-order valence-corrected chi connectivity index (χ4v) is 2.32. The number of likely N-dealkylation sites (N-methyl/N-ethyl adjacent to an activating group) is 1. The van der Waals surface area contributed by atoms with Crippen LogP contribution in [0.4, 0.5) is 11.5 Å². The van der Waals surface area contributed by atoms with E-state index in [-0.39, 0.29) is 23.2 Å². The molecule has 114 valence electrons. The number of nitro groups is 1. The monoisotopic (exact) mass is 293 g/mol. The largest absolute Gasteiger partial charge is 0.372 e. The molecule has 0 aromatic carbocycles. The number of anilines is 1. The van der Waals surface area contributed by atoms with Gasteiger partial charge in [0.15, 0.2) is 0 Å². The van der Waals surface area contributed by atoms with Gasteiger partial charge in [0.05, 0.1) is 10.5 Å². The number of pyridine rings is 1. The van der Waals surface area contributed by atoms with Crippen molar-refractivity contribution in [3.8, 4) is 0 Å². The highest BCUT2D eigenvalue weighted by atomic mass is 16.6. The third-order valence-corrected chi connectivity index (χ3v) is 3.80. The Morgan fingerprint density at radius 3 is 2.81 bits per heavy atom. The Hall–Kier alpha value is -2.22. The van der Waals surface area contributed by atoms with Gasteiger partial charge in [-0.15, -0.1) is 0 Å². The van der Waals surface area contributed by atoms with Crippen LogP contribution in [0.25, 0.3) is 0 Å². The zero-order valence-corrected chi connectivity index (χ0v) is 12.4. The lowest BCUT2D eigenvalue weighted by Crippen LogP contribution is -2.52. The third-order valence-electron chi connectivity index (χ3n) is 3.80. The molecular weight excluding hydrogens is 274 g/mol. The number of nitrogens with zero attached hydrogens (tertiary/aromatic N) is 4. The van der Waals surface area contributed by atoms with E-state index in [2.05, 4.69) is 15.2 Å². The molecule has 8 heteroatoms. The van der Waals surface area contributed by atoms with E-state index in [1.807, 2.05) is 14.0 Å². The van der Waals surface area contributed by atoms with E-state index in [9.17, 15) is 14.9 Å². The summed E-state index contributed by atoms with van der Waals surface area (Å²) < 4.78 is 0. The molecule has 1 N–H and O–H groups in total. The highest BCUT2D eigenvalue weighted by Gasteiger charge is 2.28. The van der Waals surface area contributed by atoms with Crippen molar-refractivity contribution in [1.29, 1.82) is 0 Å². The topological polar surface area (TPSA) is 91.6 Å².